The minimum Gasteiger partial charge on any atom is -0.469 e. The van der Waals surface area contributed by atoms with Crippen LogP contribution in [0.2, 0.25) is 0 Å². The van der Waals surface area contributed by atoms with E-state index in [1.54, 1.807) is 17.0 Å². The highest BCUT2D eigenvalue weighted by atomic mass is 16.5. The van der Waals surface area contributed by atoms with Crippen LogP contribution in [0, 0.1) is 5.92 Å². The summed E-state index contributed by atoms with van der Waals surface area (Å²) in [4.78, 5) is 37.3. The van der Waals surface area contributed by atoms with Crippen LogP contribution in [0.4, 0.5) is 0 Å². The minimum atomic E-state index is -0.672. The third-order valence-electron chi connectivity index (χ3n) is 4.34. The lowest BCUT2D eigenvalue weighted by Gasteiger charge is -2.30. The highest BCUT2D eigenvalue weighted by Gasteiger charge is 2.28. The van der Waals surface area contributed by atoms with Crippen molar-refractivity contribution in [3.8, 4) is 0 Å². The number of methoxy groups -OCH3 is 1. The largest absolute Gasteiger partial charge is 0.469 e. The Morgan fingerprint density at radius 1 is 1.20 bits per heavy atom. The van der Waals surface area contributed by atoms with Gasteiger partial charge in [-0.25, -0.2) is 4.79 Å². The number of furan rings is 1. The molecule has 1 amide bonds. The molecular formula is C18H19NO6. The lowest BCUT2D eigenvalue weighted by molar-refractivity contribution is -0.149. The number of amides is 1. The first kappa shape index (κ1) is 17.0. The molecule has 0 radical (unpaired) electrons. The summed E-state index contributed by atoms with van der Waals surface area (Å²) in [7, 11) is 1.36. The van der Waals surface area contributed by atoms with E-state index < -0.39 is 5.97 Å². The van der Waals surface area contributed by atoms with Gasteiger partial charge in [0.2, 0.25) is 5.76 Å². The predicted molar refractivity (Wildman–Crippen MR) is 87.8 cm³/mol. The highest BCUT2D eigenvalue weighted by molar-refractivity contribution is 5.93. The van der Waals surface area contributed by atoms with E-state index in [9.17, 15) is 14.4 Å². The number of carbonyl (C=O) groups excluding carboxylic acids is 3. The zero-order chi connectivity index (χ0) is 17.8. The van der Waals surface area contributed by atoms with E-state index >= 15 is 0 Å². The molecule has 132 valence electrons. The van der Waals surface area contributed by atoms with Crippen LogP contribution in [0.3, 0.4) is 0 Å². The van der Waals surface area contributed by atoms with Crippen LogP contribution < -0.4 is 0 Å². The maximum absolute atomic E-state index is 12.2. The smallest absolute Gasteiger partial charge is 0.374 e. The Balaban J connectivity index is 1.50. The molecule has 1 aliphatic rings. The number of fused-ring (bicyclic) bond motifs is 1. The molecule has 3 rings (SSSR count). The highest BCUT2D eigenvalue weighted by Crippen LogP contribution is 2.20. The Hall–Kier alpha value is -2.83. The molecule has 2 heterocycles. The van der Waals surface area contributed by atoms with Crippen LogP contribution >= 0.6 is 0 Å². The summed E-state index contributed by atoms with van der Waals surface area (Å²) in [6.07, 6.45) is 1.10. The summed E-state index contributed by atoms with van der Waals surface area (Å²) in [5.74, 6) is -1.31. The maximum atomic E-state index is 12.2. The first-order valence-corrected chi connectivity index (χ1v) is 8.10. The number of rotatable bonds is 4. The van der Waals surface area contributed by atoms with Crippen molar-refractivity contribution in [2.45, 2.75) is 12.8 Å². The van der Waals surface area contributed by atoms with Crippen molar-refractivity contribution in [1.82, 2.24) is 4.90 Å². The van der Waals surface area contributed by atoms with Gasteiger partial charge in [0.05, 0.1) is 13.0 Å². The van der Waals surface area contributed by atoms with E-state index in [0.717, 1.165) is 5.39 Å². The molecule has 0 aliphatic carbocycles. The lowest BCUT2D eigenvalue weighted by Crippen LogP contribution is -2.42. The second-order valence-corrected chi connectivity index (χ2v) is 5.90. The average molecular weight is 345 g/mol. The van der Waals surface area contributed by atoms with Crippen LogP contribution in [0.1, 0.15) is 23.4 Å². The predicted octanol–water partition coefficient (Wildman–Crippen LogP) is 2.00. The minimum absolute atomic E-state index is 0.0680. The molecule has 1 aromatic heterocycles. The van der Waals surface area contributed by atoms with Crippen molar-refractivity contribution in [2.24, 2.45) is 5.92 Å². The molecule has 0 atom stereocenters. The fourth-order valence-electron chi connectivity index (χ4n) is 2.90. The molecule has 1 aliphatic heterocycles. The number of piperidine rings is 1. The lowest BCUT2D eigenvalue weighted by atomic mass is 9.97. The van der Waals surface area contributed by atoms with Gasteiger partial charge in [0.25, 0.3) is 5.91 Å². The topological polar surface area (TPSA) is 86.0 Å². The molecule has 1 aromatic carbocycles. The van der Waals surface area contributed by atoms with Crippen molar-refractivity contribution < 1.29 is 28.3 Å². The van der Waals surface area contributed by atoms with Crippen LogP contribution in [0.25, 0.3) is 11.0 Å². The number of esters is 2. The zero-order valence-corrected chi connectivity index (χ0v) is 13.9. The summed E-state index contributed by atoms with van der Waals surface area (Å²) in [6, 6.07) is 8.82. The van der Waals surface area contributed by atoms with Crippen molar-refractivity contribution in [2.75, 3.05) is 26.8 Å². The van der Waals surface area contributed by atoms with E-state index in [1.165, 1.54) is 7.11 Å². The number of para-hydroxylation sites is 1. The number of likely N-dealkylation sites (tertiary alicyclic amines) is 1. The number of hydrogen-bond donors (Lipinski definition) is 0. The molecule has 2 aromatic rings. The summed E-state index contributed by atoms with van der Waals surface area (Å²) < 4.78 is 15.2. The monoisotopic (exact) mass is 345 g/mol. The number of nitrogens with zero attached hydrogens (tertiary/aromatic N) is 1. The van der Waals surface area contributed by atoms with Crippen molar-refractivity contribution in [1.29, 1.82) is 0 Å². The van der Waals surface area contributed by atoms with Gasteiger partial charge in [0, 0.05) is 18.5 Å². The summed E-state index contributed by atoms with van der Waals surface area (Å²) >= 11 is 0. The number of carbonyl (C=O) groups is 3. The Morgan fingerprint density at radius 3 is 2.60 bits per heavy atom. The Labute approximate surface area is 144 Å². The van der Waals surface area contributed by atoms with Crippen LogP contribution in [-0.4, -0.2) is 49.6 Å². The molecule has 1 fully saturated rings. The quantitative estimate of drug-likeness (QED) is 0.788. The van der Waals surface area contributed by atoms with Gasteiger partial charge in [0.15, 0.2) is 6.61 Å². The Kier molecular flexibility index (Phi) is 5.02. The molecule has 0 bridgehead atoms. The number of hydrogen-bond acceptors (Lipinski definition) is 6. The molecule has 0 N–H and O–H groups in total. The average Bonchev–Trinajstić information content (AvgIpc) is 3.09. The van der Waals surface area contributed by atoms with E-state index in [-0.39, 0.29) is 30.2 Å². The van der Waals surface area contributed by atoms with Gasteiger partial charge < -0.3 is 18.8 Å². The summed E-state index contributed by atoms with van der Waals surface area (Å²) in [6.45, 7) is 0.542. The van der Waals surface area contributed by atoms with Crippen LogP contribution in [-0.2, 0) is 19.1 Å². The van der Waals surface area contributed by atoms with Crippen LogP contribution in [0.15, 0.2) is 34.7 Å². The molecule has 1 saturated heterocycles. The van der Waals surface area contributed by atoms with Crippen molar-refractivity contribution >= 4 is 28.8 Å². The van der Waals surface area contributed by atoms with Gasteiger partial charge >= 0.3 is 11.9 Å². The van der Waals surface area contributed by atoms with E-state index in [0.29, 0.717) is 31.5 Å². The first-order chi connectivity index (χ1) is 12.1. The third kappa shape index (κ3) is 3.81. The molecule has 7 nitrogen and oxygen atoms in total. The normalized spacial score (nSPS) is 15.2. The molecule has 7 heteroatoms. The molecule has 0 saturated carbocycles. The van der Waals surface area contributed by atoms with Crippen LogP contribution in [0.5, 0.6) is 0 Å². The SMILES string of the molecule is COC(=O)C1CCN(C(=O)COC(=O)c2cc3ccccc3o2)CC1. The molecule has 0 spiro atoms. The van der Waals surface area contributed by atoms with Gasteiger partial charge in [-0.2, -0.15) is 0 Å². The van der Waals surface area contributed by atoms with Gasteiger partial charge in [-0.15, -0.1) is 0 Å². The van der Waals surface area contributed by atoms with E-state index in [2.05, 4.69) is 0 Å². The Bertz CT molecular complexity index is 755. The first-order valence-electron chi connectivity index (χ1n) is 8.10. The van der Waals surface area contributed by atoms with Gasteiger partial charge in [0.1, 0.15) is 5.58 Å². The van der Waals surface area contributed by atoms with Crippen molar-refractivity contribution in [3.05, 3.63) is 36.1 Å². The second kappa shape index (κ2) is 7.38. The fraction of sp³-hybridized carbons (Fsp3) is 0.389. The third-order valence-corrected chi connectivity index (χ3v) is 4.34. The maximum Gasteiger partial charge on any atom is 0.374 e. The summed E-state index contributed by atoms with van der Waals surface area (Å²) in [5.41, 5.74) is 0.589. The van der Waals surface area contributed by atoms with Crippen molar-refractivity contribution in [3.63, 3.8) is 0 Å². The van der Waals surface area contributed by atoms with Gasteiger partial charge in [-0.1, -0.05) is 18.2 Å². The molecular weight excluding hydrogens is 326 g/mol. The van der Waals surface area contributed by atoms with Gasteiger partial charge in [-0.3, -0.25) is 9.59 Å². The number of benzene rings is 1. The van der Waals surface area contributed by atoms with Gasteiger partial charge in [-0.05, 0) is 25.0 Å². The fourth-order valence-corrected chi connectivity index (χ4v) is 2.90. The standard InChI is InChI=1S/C18H19NO6/c1-23-17(21)12-6-8-19(9-7-12)16(20)11-24-18(22)15-10-13-4-2-3-5-14(13)25-15/h2-5,10,12H,6-9,11H2,1H3. The number of ether oxygens (including phenoxy) is 2. The zero-order valence-electron chi connectivity index (χ0n) is 13.9. The molecule has 0 unspecified atom stereocenters. The Morgan fingerprint density at radius 2 is 1.92 bits per heavy atom. The molecule has 25 heavy (non-hydrogen) atoms. The second-order valence-electron chi connectivity index (χ2n) is 5.90. The summed E-state index contributed by atoms with van der Waals surface area (Å²) in [5, 5.41) is 0.797. The van der Waals surface area contributed by atoms with E-state index in [1.807, 2.05) is 18.2 Å². The van der Waals surface area contributed by atoms with E-state index in [4.69, 9.17) is 13.9 Å².